The van der Waals surface area contributed by atoms with Crippen molar-refractivity contribution in [3.05, 3.63) is 53.6 Å². The summed E-state index contributed by atoms with van der Waals surface area (Å²) in [7, 11) is 0. The summed E-state index contributed by atoms with van der Waals surface area (Å²) in [5.41, 5.74) is 2.39. The molecule has 0 fully saturated rings. The van der Waals surface area contributed by atoms with Crippen molar-refractivity contribution in [3.8, 4) is 5.75 Å². The lowest BCUT2D eigenvalue weighted by Crippen LogP contribution is -1.88. The lowest BCUT2D eigenvalue weighted by atomic mass is 9.93. The van der Waals surface area contributed by atoms with Crippen LogP contribution in [0.2, 0.25) is 0 Å². The minimum Gasteiger partial charge on any atom is -0.507 e. The van der Waals surface area contributed by atoms with Crippen molar-refractivity contribution >= 4 is 21.5 Å². The first-order valence-electron chi connectivity index (χ1n) is 5.79. The molecule has 0 radical (unpaired) electrons. The minimum atomic E-state index is 0.369. The summed E-state index contributed by atoms with van der Waals surface area (Å²) < 4.78 is 0. The molecule has 3 aromatic carbocycles. The highest BCUT2D eigenvalue weighted by Gasteiger charge is 2.10. The summed E-state index contributed by atoms with van der Waals surface area (Å²) >= 11 is 0. The molecule has 0 heterocycles. The molecule has 0 amide bonds. The molecule has 0 saturated carbocycles. The van der Waals surface area contributed by atoms with Gasteiger partial charge in [0.05, 0.1) is 0 Å². The van der Waals surface area contributed by atoms with Crippen molar-refractivity contribution in [3.63, 3.8) is 0 Å². The van der Waals surface area contributed by atoms with E-state index in [1.165, 1.54) is 16.3 Å². The van der Waals surface area contributed by atoms with Gasteiger partial charge >= 0.3 is 0 Å². The highest BCUT2D eigenvalue weighted by Crippen LogP contribution is 2.36. The Labute approximate surface area is 100 Å². The van der Waals surface area contributed by atoms with Crippen LogP contribution in [-0.4, -0.2) is 5.11 Å². The van der Waals surface area contributed by atoms with Crippen molar-refractivity contribution in [2.24, 2.45) is 0 Å². The van der Waals surface area contributed by atoms with Gasteiger partial charge in [-0.1, -0.05) is 36.4 Å². The number of phenols is 1. The van der Waals surface area contributed by atoms with E-state index in [0.29, 0.717) is 5.75 Å². The summed E-state index contributed by atoms with van der Waals surface area (Å²) in [6.45, 7) is 4.19. The second-order valence-corrected chi connectivity index (χ2v) is 4.50. The molecule has 3 aromatic rings. The van der Waals surface area contributed by atoms with E-state index >= 15 is 0 Å². The SMILES string of the molecule is Cc1c2ccccc2c(C)c2c(O)cccc12. The third kappa shape index (κ3) is 1.32. The van der Waals surface area contributed by atoms with Crippen LogP contribution in [0.5, 0.6) is 5.75 Å². The Kier molecular flexibility index (Phi) is 2.08. The van der Waals surface area contributed by atoms with Crippen molar-refractivity contribution in [1.29, 1.82) is 0 Å². The maximum atomic E-state index is 10.0. The summed E-state index contributed by atoms with van der Waals surface area (Å²) in [6, 6.07) is 14.1. The maximum Gasteiger partial charge on any atom is 0.123 e. The Morgan fingerprint density at radius 1 is 0.706 bits per heavy atom. The average Bonchev–Trinajstić information content (AvgIpc) is 2.36. The molecular formula is C16H14O. The Morgan fingerprint density at radius 3 is 2.00 bits per heavy atom. The van der Waals surface area contributed by atoms with Gasteiger partial charge in [0.2, 0.25) is 0 Å². The predicted molar refractivity (Wildman–Crippen MR) is 72.6 cm³/mol. The molecule has 84 valence electrons. The third-order valence-corrected chi connectivity index (χ3v) is 3.56. The number of aryl methyl sites for hydroxylation is 2. The molecular weight excluding hydrogens is 208 g/mol. The smallest absolute Gasteiger partial charge is 0.123 e. The molecule has 1 nitrogen and oxygen atoms in total. The Morgan fingerprint density at radius 2 is 1.29 bits per heavy atom. The monoisotopic (exact) mass is 222 g/mol. The molecule has 0 aliphatic rings. The zero-order valence-electron chi connectivity index (χ0n) is 9.99. The fourth-order valence-corrected chi connectivity index (χ4v) is 2.66. The molecule has 1 heteroatoms. The van der Waals surface area contributed by atoms with Gasteiger partial charge in [-0.25, -0.2) is 0 Å². The van der Waals surface area contributed by atoms with Crippen molar-refractivity contribution in [1.82, 2.24) is 0 Å². The molecule has 0 aromatic heterocycles. The number of fused-ring (bicyclic) bond motifs is 2. The predicted octanol–water partition coefficient (Wildman–Crippen LogP) is 4.32. The maximum absolute atomic E-state index is 10.0. The van der Waals surface area contributed by atoms with Crippen LogP contribution < -0.4 is 0 Å². The van der Waals surface area contributed by atoms with Gasteiger partial charge in [0, 0.05) is 5.39 Å². The van der Waals surface area contributed by atoms with E-state index in [1.807, 2.05) is 12.1 Å². The molecule has 0 aliphatic heterocycles. The van der Waals surface area contributed by atoms with Crippen LogP contribution >= 0.6 is 0 Å². The van der Waals surface area contributed by atoms with Crippen LogP contribution in [0.3, 0.4) is 0 Å². The fraction of sp³-hybridized carbons (Fsp3) is 0.125. The van der Waals surface area contributed by atoms with Gasteiger partial charge in [0.25, 0.3) is 0 Å². The summed E-state index contributed by atoms with van der Waals surface area (Å²) in [5, 5.41) is 14.6. The number of phenolic OH excluding ortho intramolecular Hbond substituents is 1. The lowest BCUT2D eigenvalue weighted by molar-refractivity contribution is 0.481. The molecule has 3 rings (SSSR count). The zero-order valence-corrected chi connectivity index (χ0v) is 9.99. The Hall–Kier alpha value is -2.02. The number of aromatic hydroxyl groups is 1. The first kappa shape index (κ1) is 10.2. The second kappa shape index (κ2) is 3.49. The van der Waals surface area contributed by atoms with Gasteiger partial charge in [0.15, 0.2) is 0 Å². The van der Waals surface area contributed by atoms with Crippen molar-refractivity contribution in [2.45, 2.75) is 13.8 Å². The van der Waals surface area contributed by atoms with Gasteiger partial charge in [-0.05, 0) is 47.2 Å². The van der Waals surface area contributed by atoms with E-state index < -0.39 is 0 Å². The number of benzene rings is 3. The quantitative estimate of drug-likeness (QED) is 0.562. The van der Waals surface area contributed by atoms with E-state index in [0.717, 1.165) is 16.3 Å². The molecule has 17 heavy (non-hydrogen) atoms. The first-order chi connectivity index (χ1) is 8.20. The van der Waals surface area contributed by atoms with Gasteiger partial charge in [-0.3, -0.25) is 0 Å². The third-order valence-electron chi connectivity index (χ3n) is 3.56. The van der Waals surface area contributed by atoms with Gasteiger partial charge in [0.1, 0.15) is 5.75 Å². The van der Waals surface area contributed by atoms with E-state index in [2.05, 4.69) is 38.1 Å². The summed E-state index contributed by atoms with van der Waals surface area (Å²) in [4.78, 5) is 0. The summed E-state index contributed by atoms with van der Waals surface area (Å²) in [5.74, 6) is 0.369. The topological polar surface area (TPSA) is 20.2 Å². The van der Waals surface area contributed by atoms with Gasteiger partial charge < -0.3 is 5.11 Å². The zero-order chi connectivity index (χ0) is 12.0. The average molecular weight is 222 g/mol. The van der Waals surface area contributed by atoms with Crippen LogP contribution in [0.4, 0.5) is 0 Å². The van der Waals surface area contributed by atoms with E-state index in [4.69, 9.17) is 0 Å². The number of hydrogen-bond acceptors (Lipinski definition) is 1. The first-order valence-corrected chi connectivity index (χ1v) is 5.79. The van der Waals surface area contributed by atoms with E-state index in [-0.39, 0.29) is 0 Å². The number of hydrogen-bond donors (Lipinski definition) is 1. The van der Waals surface area contributed by atoms with Crippen molar-refractivity contribution in [2.75, 3.05) is 0 Å². The Balaban J connectivity index is 2.69. The molecule has 0 saturated heterocycles. The standard InChI is InChI=1S/C16H14O/c1-10-12-6-3-4-7-13(12)11(2)16-14(10)8-5-9-15(16)17/h3-9,17H,1-2H3. The minimum absolute atomic E-state index is 0.369. The van der Waals surface area contributed by atoms with Crippen LogP contribution in [0.25, 0.3) is 21.5 Å². The molecule has 0 bridgehead atoms. The highest BCUT2D eigenvalue weighted by molar-refractivity contribution is 6.07. The molecule has 0 unspecified atom stereocenters. The van der Waals surface area contributed by atoms with Gasteiger partial charge in [-0.2, -0.15) is 0 Å². The Bertz CT molecular complexity index is 726. The van der Waals surface area contributed by atoms with Gasteiger partial charge in [-0.15, -0.1) is 0 Å². The van der Waals surface area contributed by atoms with E-state index in [9.17, 15) is 5.11 Å². The molecule has 0 atom stereocenters. The number of rotatable bonds is 0. The van der Waals surface area contributed by atoms with Crippen LogP contribution in [-0.2, 0) is 0 Å². The van der Waals surface area contributed by atoms with Crippen LogP contribution in [0, 0.1) is 13.8 Å². The second-order valence-electron chi connectivity index (χ2n) is 4.50. The molecule has 0 aliphatic carbocycles. The summed E-state index contributed by atoms with van der Waals surface area (Å²) in [6.07, 6.45) is 0. The largest absolute Gasteiger partial charge is 0.507 e. The van der Waals surface area contributed by atoms with Crippen molar-refractivity contribution < 1.29 is 5.11 Å². The normalized spacial score (nSPS) is 11.2. The van der Waals surface area contributed by atoms with Crippen LogP contribution in [0.1, 0.15) is 11.1 Å². The fourth-order valence-electron chi connectivity index (χ4n) is 2.66. The van der Waals surface area contributed by atoms with Crippen LogP contribution in [0.15, 0.2) is 42.5 Å². The van der Waals surface area contributed by atoms with E-state index in [1.54, 1.807) is 6.07 Å². The lowest BCUT2D eigenvalue weighted by Gasteiger charge is -2.12. The highest BCUT2D eigenvalue weighted by atomic mass is 16.3. The molecule has 1 N–H and O–H groups in total. The molecule has 0 spiro atoms.